The van der Waals surface area contributed by atoms with Crippen LogP contribution in [0.2, 0.25) is 0 Å². The van der Waals surface area contributed by atoms with E-state index in [9.17, 15) is 14.5 Å². The lowest BCUT2D eigenvalue weighted by Gasteiger charge is -2.27. The van der Waals surface area contributed by atoms with Crippen LogP contribution in [0.15, 0.2) is 18.5 Å². The van der Waals surface area contributed by atoms with Crippen LogP contribution in [0.1, 0.15) is 33.1 Å². The van der Waals surface area contributed by atoms with Crippen LogP contribution in [0, 0.1) is 21.3 Å². The largest absolute Gasteiger partial charge is 0.483 e. The molecule has 1 aliphatic carbocycles. The first kappa shape index (κ1) is 15.3. The van der Waals surface area contributed by atoms with Gasteiger partial charge in [-0.3, -0.25) is 10.1 Å². The molecule has 1 saturated carbocycles. The molecule has 0 radical (unpaired) electrons. The highest BCUT2D eigenvalue weighted by atomic mass is 19.1. The van der Waals surface area contributed by atoms with Crippen molar-refractivity contribution >= 4 is 5.69 Å². The summed E-state index contributed by atoms with van der Waals surface area (Å²) in [5.41, 5.74) is -0.502. The summed E-state index contributed by atoms with van der Waals surface area (Å²) in [5, 5.41) is 21.7. The Labute approximate surface area is 131 Å². The maximum atomic E-state index is 14.3. The summed E-state index contributed by atoms with van der Waals surface area (Å²) < 4.78 is 21.1. The van der Waals surface area contributed by atoms with Gasteiger partial charge in [-0.2, -0.15) is 4.68 Å². The van der Waals surface area contributed by atoms with Gasteiger partial charge in [0, 0.05) is 17.5 Å². The van der Waals surface area contributed by atoms with Crippen LogP contribution in [0.4, 0.5) is 10.1 Å². The van der Waals surface area contributed by atoms with Crippen molar-refractivity contribution in [3.05, 3.63) is 34.4 Å². The van der Waals surface area contributed by atoms with Crippen molar-refractivity contribution in [3.63, 3.8) is 0 Å². The minimum absolute atomic E-state index is 0.0655. The normalized spacial score (nSPS) is 19.7. The second-order valence-corrected chi connectivity index (χ2v) is 6.27. The van der Waals surface area contributed by atoms with Crippen LogP contribution in [0.5, 0.6) is 5.75 Å². The van der Waals surface area contributed by atoms with Gasteiger partial charge in [0.05, 0.1) is 4.92 Å². The molecule has 0 spiro atoms. The van der Waals surface area contributed by atoms with Gasteiger partial charge in [0.25, 0.3) is 0 Å². The fourth-order valence-electron chi connectivity index (χ4n) is 2.88. The Morgan fingerprint density at radius 2 is 2.26 bits per heavy atom. The topological polar surface area (TPSA) is 96.0 Å². The highest BCUT2D eigenvalue weighted by Gasteiger charge is 2.37. The molecule has 1 heterocycles. The quantitative estimate of drug-likeness (QED) is 0.634. The number of benzene rings is 1. The van der Waals surface area contributed by atoms with Gasteiger partial charge in [-0.05, 0) is 29.7 Å². The van der Waals surface area contributed by atoms with E-state index in [1.807, 2.05) is 13.8 Å². The molecule has 0 saturated heterocycles. The number of hydrogen-bond donors (Lipinski definition) is 0. The summed E-state index contributed by atoms with van der Waals surface area (Å²) >= 11 is 0. The van der Waals surface area contributed by atoms with Crippen molar-refractivity contribution in [2.24, 2.45) is 5.41 Å². The molecule has 8 nitrogen and oxygen atoms in total. The number of aromatic nitrogens is 4. The van der Waals surface area contributed by atoms with E-state index in [2.05, 4.69) is 15.5 Å². The van der Waals surface area contributed by atoms with E-state index in [-0.39, 0.29) is 28.6 Å². The average Bonchev–Trinajstić information content (AvgIpc) is 3.09. The molecule has 0 N–H and O–H groups in total. The molecule has 0 bridgehead atoms. The molecule has 3 rings (SSSR count). The first-order valence-corrected chi connectivity index (χ1v) is 7.26. The lowest BCUT2D eigenvalue weighted by atomic mass is 9.89. The predicted molar refractivity (Wildman–Crippen MR) is 77.8 cm³/mol. The molecule has 1 aromatic carbocycles. The molecule has 1 aromatic heterocycles. The van der Waals surface area contributed by atoms with E-state index >= 15 is 0 Å². The predicted octanol–water partition coefficient (Wildman–Crippen LogP) is 2.67. The van der Waals surface area contributed by atoms with Gasteiger partial charge < -0.3 is 4.74 Å². The maximum Gasteiger partial charge on any atom is 0.313 e. The molecular weight excluding hydrogens is 305 g/mol. The Kier molecular flexibility index (Phi) is 3.70. The molecule has 9 heteroatoms. The van der Waals surface area contributed by atoms with Crippen molar-refractivity contribution in [2.45, 2.75) is 39.2 Å². The maximum absolute atomic E-state index is 14.3. The zero-order valence-electron chi connectivity index (χ0n) is 12.8. The molecule has 1 aliphatic rings. The average molecular weight is 321 g/mol. The molecule has 2 aromatic rings. The summed E-state index contributed by atoms with van der Waals surface area (Å²) in [6.07, 6.45) is 3.73. The van der Waals surface area contributed by atoms with Gasteiger partial charge in [-0.1, -0.05) is 13.8 Å². The van der Waals surface area contributed by atoms with Crippen LogP contribution < -0.4 is 4.74 Å². The minimum atomic E-state index is -0.686. The van der Waals surface area contributed by atoms with Crippen LogP contribution in [0.3, 0.4) is 0 Å². The Morgan fingerprint density at radius 3 is 2.83 bits per heavy atom. The first-order chi connectivity index (χ1) is 10.9. The lowest BCUT2D eigenvalue weighted by molar-refractivity contribution is -0.386. The van der Waals surface area contributed by atoms with Crippen molar-refractivity contribution in [1.29, 1.82) is 0 Å². The molecule has 1 unspecified atom stereocenters. The summed E-state index contributed by atoms with van der Waals surface area (Å²) in [6, 6.07) is 2.12. The summed E-state index contributed by atoms with van der Waals surface area (Å²) in [6.45, 7) is 4.09. The smallest absolute Gasteiger partial charge is 0.313 e. The number of ether oxygens (including phenoxy) is 1. The van der Waals surface area contributed by atoms with Crippen molar-refractivity contribution in [2.75, 3.05) is 0 Å². The fraction of sp³-hybridized carbons (Fsp3) is 0.500. The summed E-state index contributed by atoms with van der Waals surface area (Å²) in [5.74, 6) is -0.752. The van der Waals surface area contributed by atoms with E-state index in [1.54, 1.807) is 0 Å². The third-order valence-electron chi connectivity index (χ3n) is 4.25. The summed E-state index contributed by atoms with van der Waals surface area (Å²) in [7, 11) is 0. The number of rotatable bonds is 4. The Morgan fingerprint density at radius 1 is 1.48 bits per heavy atom. The third-order valence-corrected chi connectivity index (χ3v) is 4.25. The molecule has 122 valence electrons. The fourth-order valence-corrected chi connectivity index (χ4v) is 2.88. The van der Waals surface area contributed by atoms with Gasteiger partial charge in [-0.15, -0.1) is 5.10 Å². The summed E-state index contributed by atoms with van der Waals surface area (Å²) in [4.78, 5) is 10.7. The van der Waals surface area contributed by atoms with Gasteiger partial charge in [0.2, 0.25) is 0 Å². The number of nitro groups is 1. The SMILES string of the molecule is CC1(C)CCCC1Oc1cc(F)c(-n2cnnn2)cc1[N+](=O)[O-]. The van der Waals surface area contributed by atoms with E-state index in [0.29, 0.717) is 0 Å². The minimum Gasteiger partial charge on any atom is -0.483 e. The van der Waals surface area contributed by atoms with Crippen LogP contribution >= 0.6 is 0 Å². The second kappa shape index (κ2) is 5.56. The highest BCUT2D eigenvalue weighted by molar-refractivity contribution is 5.54. The zero-order valence-corrected chi connectivity index (χ0v) is 12.8. The lowest BCUT2D eigenvalue weighted by Crippen LogP contribution is -2.29. The van der Waals surface area contributed by atoms with Gasteiger partial charge >= 0.3 is 5.69 Å². The zero-order chi connectivity index (χ0) is 16.6. The van der Waals surface area contributed by atoms with E-state index < -0.39 is 10.7 Å². The van der Waals surface area contributed by atoms with Crippen molar-refractivity contribution in [3.8, 4) is 11.4 Å². The van der Waals surface area contributed by atoms with E-state index in [4.69, 9.17) is 4.74 Å². The molecule has 1 fully saturated rings. The highest BCUT2D eigenvalue weighted by Crippen LogP contribution is 2.42. The molecule has 0 aliphatic heterocycles. The second-order valence-electron chi connectivity index (χ2n) is 6.27. The van der Waals surface area contributed by atoms with Gasteiger partial charge in [-0.25, -0.2) is 4.39 Å². The van der Waals surface area contributed by atoms with E-state index in [1.165, 1.54) is 6.33 Å². The Balaban J connectivity index is 2.00. The van der Waals surface area contributed by atoms with Crippen molar-refractivity contribution in [1.82, 2.24) is 20.2 Å². The van der Waals surface area contributed by atoms with Crippen molar-refractivity contribution < 1.29 is 14.1 Å². The van der Waals surface area contributed by atoms with Crippen LogP contribution in [0.25, 0.3) is 5.69 Å². The van der Waals surface area contributed by atoms with Gasteiger partial charge in [0.15, 0.2) is 11.6 Å². The molecule has 23 heavy (non-hydrogen) atoms. The van der Waals surface area contributed by atoms with E-state index in [0.717, 1.165) is 36.1 Å². The number of tetrazole rings is 1. The number of nitrogens with zero attached hydrogens (tertiary/aromatic N) is 5. The Hall–Kier alpha value is -2.58. The van der Waals surface area contributed by atoms with Crippen LogP contribution in [-0.4, -0.2) is 31.2 Å². The molecule has 1 atom stereocenters. The third kappa shape index (κ3) is 2.86. The number of nitro benzene ring substituents is 1. The number of hydrogen-bond acceptors (Lipinski definition) is 6. The molecule has 0 amide bonds. The standard InChI is InChI=1S/C14H16FN5O3/c1-14(2)5-3-4-13(14)23-12-6-9(15)10(7-11(12)20(21)22)19-8-16-17-18-19/h6-8,13H,3-5H2,1-2H3. The first-order valence-electron chi connectivity index (χ1n) is 7.26. The van der Waals surface area contributed by atoms with Crippen LogP contribution in [-0.2, 0) is 0 Å². The monoisotopic (exact) mass is 321 g/mol. The Bertz CT molecular complexity index is 732. The molecular formula is C14H16FN5O3. The van der Waals surface area contributed by atoms with Gasteiger partial charge in [0.1, 0.15) is 18.1 Å². The number of halogens is 1.